The zero-order valence-corrected chi connectivity index (χ0v) is 26.0. The van der Waals surface area contributed by atoms with Gasteiger partial charge in [-0.15, -0.1) is 0 Å². The monoisotopic (exact) mass is 639 g/mol. The number of anilines is 2. The number of amides is 3. The van der Waals surface area contributed by atoms with Gasteiger partial charge < -0.3 is 30.2 Å². The molecule has 244 valence electrons. The standard InChI is InChI=1S/C35H37N5O7/c1-23(5-4-8-32(42)38-21-26-7-3-2-6-25(26)17-29(38)22-41)35(45)30-18-28(40(46)47)13-14-31(30)39(34(35)44)20-24-9-11-27(12-10-24)37-16-15-36-19-33(37)43/h2-7,9-14,18,23,29,36,41,45H,8,15-17,19-22H2,1H3/b5-4+/t23-,29-,35+/m0/s1. The summed E-state index contributed by atoms with van der Waals surface area (Å²) in [6.07, 6.45) is 3.73. The first-order chi connectivity index (χ1) is 22.6. The number of nitro benzene ring substituents is 1. The van der Waals surface area contributed by atoms with Gasteiger partial charge in [0.25, 0.3) is 11.6 Å². The third-order valence-electron chi connectivity index (χ3n) is 9.40. The number of nitrogens with zero attached hydrogens (tertiary/aromatic N) is 4. The van der Waals surface area contributed by atoms with Crippen molar-refractivity contribution in [3.8, 4) is 0 Å². The molecule has 0 aliphatic carbocycles. The third kappa shape index (κ3) is 6.02. The topological polar surface area (TPSA) is 157 Å². The summed E-state index contributed by atoms with van der Waals surface area (Å²) in [6, 6.07) is 18.7. The molecule has 3 aliphatic heterocycles. The number of benzene rings is 3. The Hall–Kier alpha value is -4.91. The van der Waals surface area contributed by atoms with Gasteiger partial charge in [0.15, 0.2) is 5.60 Å². The lowest BCUT2D eigenvalue weighted by Gasteiger charge is -2.36. The second-order valence-electron chi connectivity index (χ2n) is 12.3. The third-order valence-corrected chi connectivity index (χ3v) is 9.40. The predicted octanol–water partition coefficient (Wildman–Crippen LogP) is 2.79. The Balaban J connectivity index is 1.21. The minimum atomic E-state index is -2.12. The molecule has 3 aromatic carbocycles. The first-order valence-electron chi connectivity index (χ1n) is 15.7. The van der Waals surface area contributed by atoms with Crippen LogP contribution in [0.4, 0.5) is 17.1 Å². The molecule has 1 fully saturated rings. The molecule has 3 amide bonds. The highest BCUT2D eigenvalue weighted by atomic mass is 16.6. The summed E-state index contributed by atoms with van der Waals surface area (Å²) in [5.74, 6) is -1.70. The van der Waals surface area contributed by atoms with Crippen molar-refractivity contribution < 1.29 is 29.5 Å². The van der Waals surface area contributed by atoms with E-state index in [4.69, 9.17) is 0 Å². The second kappa shape index (κ2) is 13.1. The van der Waals surface area contributed by atoms with Gasteiger partial charge in [-0.2, -0.15) is 0 Å². The maximum atomic E-state index is 14.0. The molecule has 47 heavy (non-hydrogen) atoms. The summed E-state index contributed by atoms with van der Waals surface area (Å²) in [4.78, 5) is 55.5. The molecule has 0 bridgehead atoms. The Morgan fingerprint density at radius 3 is 2.57 bits per heavy atom. The molecule has 0 aromatic heterocycles. The zero-order valence-electron chi connectivity index (χ0n) is 26.0. The molecule has 3 aromatic rings. The van der Waals surface area contributed by atoms with Gasteiger partial charge in [-0.25, -0.2) is 0 Å². The van der Waals surface area contributed by atoms with E-state index in [1.54, 1.807) is 28.9 Å². The Kier molecular flexibility index (Phi) is 8.91. The van der Waals surface area contributed by atoms with Crippen LogP contribution >= 0.6 is 0 Å². The zero-order chi connectivity index (χ0) is 33.3. The summed E-state index contributed by atoms with van der Waals surface area (Å²) >= 11 is 0. The highest BCUT2D eigenvalue weighted by Gasteiger charge is 2.53. The average molecular weight is 640 g/mol. The fraction of sp³-hybridized carbons (Fsp3) is 0.343. The van der Waals surface area contributed by atoms with E-state index in [-0.39, 0.29) is 55.2 Å². The average Bonchev–Trinajstić information content (AvgIpc) is 3.30. The van der Waals surface area contributed by atoms with E-state index in [1.165, 1.54) is 23.1 Å². The summed E-state index contributed by atoms with van der Waals surface area (Å²) in [7, 11) is 0. The minimum Gasteiger partial charge on any atom is -0.394 e. The number of non-ortho nitro benzene ring substituents is 1. The van der Waals surface area contributed by atoms with Crippen molar-refractivity contribution in [3.63, 3.8) is 0 Å². The number of nitrogens with one attached hydrogen (secondary N) is 1. The van der Waals surface area contributed by atoms with E-state index >= 15 is 0 Å². The molecule has 3 N–H and O–H groups in total. The molecule has 6 rings (SSSR count). The van der Waals surface area contributed by atoms with Gasteiger partial charge in [0.1, 0.15) is 0 Å². The maximum absolute atomic E-state index is 14.0. The number of hydrogen-bond acceptors (Lipinski definition) is 8. The lowest BCUT2D eigenvalue weighted by Crippen LogP contribution is -2.48. The van der Waals surface area contributed by atoms with Crippen molar-refractivity contribution in [1.29, 1.82) is 0 Å². The quantitative estimate of drug-likeness (QED) is 0.183. The Bertz CT molecular complexity index is 1740. The normalized spacial score (nSPS) is 21.6. The summed E-state index contributed by atoms with van der Waals surface area (Å²) < 4.78 is 0. The first-order valence-corrected chi connectivity index (χ1v) is 15.7. The van der Waals surface area contributed by atoms with Crippen LogP contribution in [-0.2, 0) is 39.5 Å². The van der Waals surface area contributed by atoms with Crippen molar-refractivity contribution in [3.05, 3.63) is 111 Å². The fourth-order valence-electron chi connectivity index (χ4n) is 6.72. The molecule has 12 nitrogen and oxygen atoms in total. The molecular weight excluding hydrogens is 602 g/mol. The van der Waals surface area contributed by atoms with Gasteiger partial charge in [0.2, 0.25) is 11.8 Å². The number of piperazine rings is 1. The Morgan fingerprint density at radius 2 is 1.87 bits per heavy atom. The number of rotatable bonds is 9. The largest absolute Gasteiger partial charge is 0.394 e. The van der Waals surface area contributed by atoms with Gasteiger partial charge in [-0.1, -0.05) is 55.5 Å². The molecule has 0 spiro atoms. The molecule has 3 heterocycles. The molecular formula is C35H37N5O7. The number of hydrogen-bond donors (Lipinski definition) is 3. The van der Waals surface area contributed by atoms with Crippen LogP contribution < -0.4 is 15.1 Å². The maximum Gasteiger partial charge on any atom is 0.269 e. The van der Waals surface area contributed by atoms with Crippen molar-refractivity contribution in [1.82, 2.24) is 10.2 Å². The van der Waals surface area contributed by atoms with Crippen LogP contribution in [0.2, 0.25) is 0 Å². The number of carbonyl (C=O) groups excluding carboxylic acids is 3. The molecule has 3 atom stereocenters. The second-order valence-corrected chi connectivity index (χ2v) is 12.3. The Morgan fingerprint density at radius 1 is 1.13 bits per heavy atom. The van der Waals surface area contributed by atoms with E-state index in [1.807, 2.05) is 48.5 Å². The smallest absolute Gasteiger partial charge is 0.269 e. The van der Waals surface area contributed by atoms with Crippen molar-refractivity contribution in [2.45, 2.75) is 44.5 Å². The number of nitro groups is 1. The molecule has 0 unspecified atom stereocenters. The summed E-state index contributed by atoms with van der Waals surface area (Å²) in [6.45, 7) is 3.44. The number of carbonyl (C=O) groups is 3. The lowest BCUT2D eigenvalue weighted by molar-refractivity contribution is -0.385. The molecule has 0 radical (unpaired) electrons. The summed E-state index contributed by atoms with van der Waals surface area (Å²) in [5.41, 5.74) is 1.72. The number of fused-ring (bicyclic) bond motifs is 2. The van der Waals surface area contributed by atoms with E-state index in [0.29, 0.717) is 31.7 Å². The minimum absolute atomic E-state index is 0.0132. The van der Waals surface area contributed by atoms with Crippen LogP contribution in [0.3, 0.4) is 0 Å². The Labute approximate surface area is 272 Å². The van der Waals surface area contributed by atoms with E-state index in [9.17, 15) is 34.7 Å². The summed E-state index contributed by atoms with van der Waals surface area (Å²) in [5, 5.41) is 36.7. The van der Waals surface area contributed by atoms with Crippen LogP contribution in [0.25, 0.3) is 0 Å². The van der Waals surface area contributed by atoms with Crippen LogP contribution in [0.15, 0.2) is 78.9 Å². The van der Waals surface area contributed by atoms with Crippen molar-refractivity contribution in [2.24, 2.45) is 5.92 Å². The van der Waals surface area contributed by atoms with Crippen LogP contribution in [0.1, 0.15) is 35.6 Å². The fourth-order valence-corrected chi connectivity index (χ4v) is 6.72. The highest BCUT2D eigenvalue weighted by molar-refractivity contribution is 6.07. The van der Waals surface area contributed by atoms with E-state index < -0.39 is 22.3 Å². The highest BCUT2D eigenvalue weighted by Crippen LogP contribution is 2.47. The molecule has 0 saturated carbocycles. The van der Waals surface area contributed by atoms with Gasteiger partial charge in [0, 0.05) is 55.4 Å². The van der Waals surface area contributed by atoms with Crippen LogP contribution in [-0.4, -0.2) is 70.0 Å². The van der Waals surface area contributed by atoms with Crippen molar-refractivity contribution >= 4 is 34.8 Å². The van der Waals surface area contributed by atoms with Gasteiger partial charge >= 0.3 is 0 Å². The number of aliphatic hydroxyl groups excluding tert-OH is 1. The van der Waals surface area contributed by atoms with Crippen LogP contribution in [0.5, 0.6) is 0 Å². The molecule has 3 aliphatic rings. The molecule has 1 saturated heterocycles. The predicted molar refractivity (Wildman–Crippen MR) is 174 cm³/mol. The first kappa shape index (κ1) is 32.0. The van der Waals surface area contributed by atoms with E-state index in [2.05, 4.69) is 5.32 Å². The van der Waals surface area contributed by atoms with Crippen LogP contribution in [0, 0.1) is 16.0 Å². The van der Waals surface area contributed by atoms with Crippen molar-refractivity contribution in [2.75, 3.05) is 36.0 Å². The number of aliphatic hydroxyl groups is 2. The van der Waals surface area contributed by atoms with Gasteiger partial charge in [-0.3, -0.25) is 24.5 Å². The SMILES string of the molecule is C[C@@H](/C=C/CC(=O)N1Cc2ccccc2C[C@H]1CO)[C@]1(O)C(=O)N(Cc2ccc(N3CCNCC3=O)cc2)c2ccc([N+](=O)[O-])cc21. The lowest BCUT2D eigenvalue weighted by atomic mass is 9.82. The van der Waals surface area contributed by atoms with Gasteiger partial charge in [-0.05, 0) is 41.3 Å². The van der Waals surface area contributed by atoms with E-state index in [0.717, 1.165) is 22.4 Å². The molecule has 12 heteroatoms. The van der Waals surface area contributed by atoms with Gasteiger partial charge in [0.05, 0.1) is 36.3 Å².